The molecule has 0 aliphatic carbocycles. The first-order chi connectivity index (χ1) is 13.0. The number of hydrogen-bond acceptors (Lipinski definition) is 2. The summed E-state index contributed by atoms with van der Waals surface area (Å²) >= 11 is 16.0. The molecule has 0 atom stereocenters. The number of rotatable bonds is 7. The van der Waals surface area contributed by atoms with E-state index in [1.54, 1.807) is 6.07 Å². The molecule has 140 valence electrons. The number of benzene rings is 3. The summed E-state index contributed by atoms with van der Waals surface area (Å²) < 4.78 is 7.06. The predicted octanol–water partition coefficient (Wildman–Crippen LogP) is 7.51. The van der Waals surface area contributed by atoms with E-state index < -0.39 is 0 Å². The molecule has 1 N–H and O–H groups in total. The summed E-state index contributed by atoms with van der Waals surface area (Å²) in [6, 6.07) is 20.0. The van der Waals surface area contributed by atoms with Crippen LogP contribution in [0.1, 0.15) is 23.6 Å². The summed E-state index contributed by atoms with van der Waals surface area (Å²) in [5, 5.41) is 4.51. The maximum absolute atomic E-state index is 6.40. The molecule has 0 aliphatic rings. The van der Waals surface area contributed by atoms with Crippen molar-refractivity contribution in [2.45, 2.75) is 26.5 Å². The van der Waals surface area contributed by atoms with Gasteiger partial charge in [0.15, 0.2) is 0 Å². The second-order valence-corrected chi connectivity index (χ2v) is 7.95. The molecule has 0 aromatic heterocycles. The fraction of sp³-hybridized carbons (Fsp3) is 0.182. The van der Waals surface area contributed by atoms with Gasteiger partial charge in [-0.3, -0.25) is 0 Å². The van der Waals surface area contributed by atoms with Crippen LogP contribution in [-0.2, 0) is 19.6 Å². The second-order valence-electron chi connectivity index (χ2n) is 6.20. The number of aryl methyl sites for hydroxylation is 1. The first-order valence-corrected chi connectivity index (χ1v) is 10.3. The molecule has 3 aromatic carbocycles. The van der Waals surface area contributed by atoms with Gasteiger partial charge in [-0.2, -0.15) is 0 Å². The van der Waals surface area contributed by atoms with Crippen LogP contribution in [0.4, 0.5) is 5.69 Å². The van der Waals surface area contributed by atoms with Crippen molar-refractivity contribution in [1.82, 2.24) is 0 Å². The lowest BCUT2D eigenvalue weighted by Crippen LogP contribution is -2.04. The van der Waals surface area contributed by atoms with Gasteiger partial charge in [0.1, 0.15) is 12.4 Å². The monoisotopic (exact) mass is 463 g/mol. The summed E-state index contributed by atoms with van der Waals surface area (Å²) in [5.41, 5.74) is 4.34. The summed E-state index contributed by atoms with van der Waals surface area (Å²) in [5.74, 6) is 0.654. The highest BCUT2D eigenvalue weighted by Gasteiger charge is 2.11. The van der Waals surface area contributed by atoms with E-state index in [4.69, 9.17) is 27.9 Å². The minimum absolute atomic E-state index is 0.437. The van der Waals surface area contributed by atoms with Gasteiger partial charge in [-0.1, -0.05) is 70.3 Å². The molecule has 3 aromatic rings. The van der Waals surface area contributed by atoms with Gasteiger partial charge in [0.05, 0.1) is 5.02 Å². The van der Waals surface area contributed by atoms with Gasteiger partial charge < -0.3 is 10.1 Å². The molecule has 0 fully saturated rings. The quantitative estimate of drug-likeness (QED) is 0.390. The molecule has 0 heterocycles. The average Bonchev–Trinajstić information content (AvgIpc) is 2.67. The molecule has 0 saturated carbocycles. The molecule has 27 heavy (non-hydrogen) atoms. The molecule has 0 unspecified atom stereocenters. The van der Waals surface area contributed by atoms with Crippen molar-refractivity contribution in [2.24, 2.45) is 0 Å². The van der Waals surface area contributed by atoms with Crippen LogP contribution in [0.2, 0.25) is 10.0 Å². The van der Waals surface area contributed by atoms with Crippen LogP contribution in [0.25, 0.3) is 0 Å². The Bertz CT molecular complexity index is 895. The van der Waals surface area contributed by atoms with E-state index in [0.29, 0.717) is 28.9 Å². The summed E-state index contributed by atoms with van der Waals surface area (Å²) in [6.45, 7) is 3.15. The van der Waals surface area contributed by atoms with Crippen molar-refractivity contribution >= 4 is 44.8 Å². The van der Waals surface area contributed by atoms with Crippen LogP contribution in [0.5, 0.6) is 5.75 Å². The Labute approximate surface area is 178 Å². The minimum Gasteiger partial charge on any atom is -0.487 e. The third-order valence-corrected chi connectivity index (χ3v) is 5.25. The Morgan fingerprint density at radius 2 is 1.59 bits per heavy atom. The number of nitrogens with one attached hydrogen (secondary N) is 1. The topological polar surface area (TPSA) is 21.3 Å². The highest BCUT2D eigenvalue weighted by atomic mass is 79.9. The number of ether oxygens (including phenoxy) is 1. The lowest BCUT2D eigenvalue weighted by Gasteiger charge is -2.15. The SMILES string of the molecule is CCc1ccc(NCc2cc(Cl)cc(Cl)c2OCc2ccc(Br)cc2)cc1. The van der Waals surface area contributed by atoms with Gasteiger partial charge in [0, 0.05) is 27.3 Å². The fourth-order valence-corrected chi connectivity index (χ4v) is 3.55. The molecule has 0 radical (unpaired) electrons. The largest absolute Gasteiger partial charge is 0.487 e. The van der Waals surface area contributed by atoms with Crippen LogP contribution in [-0.4, -0.2) is 0 Å². The Hall–Kier alpha value is -1.68. The smallest absolute Gasteiger partial charge is 0.143 e. The molecule has 0 aliphatic heterocycles. The van der Waals surface area contributed by atoms with Gasteiger partial charge in [0.2, 0.25) is 0 Å². The predicted molar refractivity (Wildman–Crippen MR) is 118 cm³/mol. The van der Waals surface area contributed by atoms with E-state index in [1.807, 2.05) is 30.3 Å². The van der Waals surface area contributed by atoms with E-state index in [1.165, 1.54) is 5.56 Å². The summed E-state index contributed by atoms with van der Waals surface area (Å²) in [7, 11) is 0. The highest BCUT2D eigenvalue weighted by Crippen LogP contribution is 2.33. The molecule has 0 bridgehead atoms. The molecular weight excluding hydrogens is 445 g/mol. The molecule has 0 saturated heterocycles. The number of anilines is 1. The fourth-order valence-electron chi connectivity index (χ4n) is 2.70. The van der Waals surface area contributed by atoms with Crippen molar-refractivity contribution in [3.63, 3.8) is 0 Å². The minimum atomic E-state index is 0.437. The van der Waals surface area contributed by atoms with Gasteiger partial charge >= 0.3 is 0 Å². The zero-order chi connectivity index (χ0) is 19.2. The zero-order valence-corrected chi connectivity index (χ0v) is 18.0. The van der Waals surface area contributed by atoms with Crippen LogP contribution < -0.4 is 10.1 Å². The van der Waals surface area contributed by atoms with E-state index in [2.05, 4.69) is 52.4 Å². The normalized spacial score (nSPS) is 10.7. The van der Waals surface area contributed by atoms with Crippen LogP contribution in [0, 0.1) is 0 Å². The Balaban J connectivity index is 1.73. The van der Waals surface area contributed by atoms with Crippen LogP contribution in [0.3, 0.4) is 0 Å². The van der Waals surface area contributed by atoms with Crippen molar-refractivity contribution in [3.8, 4) is 5.75 Å². The molecule has 5 heteroatoms. The molecule has 0 amide bonds. The van der Waals surface area contributed by atoms with Crippen LogP contribution in [0.15, 0.2) is 65.1 Å². The first-order valence-electron chi connectivity index (χ1n) is 8.73. The summed E-state index contributed by atoms with van der Waals surface area (Å²) in [6.07, 6.45) is 1.03. The third-order valence-electron chi connectivity index (χ3n) is 4.23. The van der Waals surface area contributed by atoms with E-state index >= 15 is 0 Å². The maximum Gasteiger partial charge on any atom is 0.143 e. The maximum atomic E-state index is 6.40. The Morgan fingerprint density at radius 3 is 2.26 bits per heavy atom. The molecule has 3 rings (SSSR count). The third kappa shape index (κ3) is 5.65. The molecular formula is C22H20BrCl2NO. The van der Waals surface area contributed by atoms with Crippen LogP contribution >= 0.6 is 39.1 Å². The standard InChI is InChI=1S/C22H20BrCl2NO/c1-2-15-5-9-20(10-6-15)26-13-17-11-19(24)12-21(25)22(17)27-14-16-3-7-18(23)8-4-16/h3-12,26H,2,13-14H2,1H3. The molecule has 0 spiro atoms. The zero-order valence-electron chi connectivity index (χ0n) is 14.9. The van der Waals surface area contributed by atoms with E-state index in [-0.39, 0.29) is 0 Å². The van der Waals surface area contributed by atoms with Gasteiger partial charge in [-0.05, 0) is 53.9 Å². The van der Waals surface area contributed by atoms with E-state index in [0.717, 1.165) is 27.7 Å². The number of halogens is 3. The number of hydrogen-bond donors (Lipinski definition) is 1. The van der Waals surface area contributed by atoms with Crippen molar-refractivity contribution < 1.29 is 4.74 Å². The summed E-state index contributed by atoms with van der Waals surface area (Å²) in [4.78, 5) is 0. The Kier molecular flexibility index (Phi) is 7.06. The average molecular weight is 465 g/mol. The van der Waals surface area contributed by atoms with Crippen molar-refractivity contribution in [2.75, 3.05) is 5.32 Å². The van der Waals surface area contributed by atoms with E-state index in [9.17, 15) is 0 Å². The lowest BCUT2D eigenvalue weighted by molar-refractivity contribution is 0.303. The second kappa shape index (κ2) is 9.50. The van der Waals surface area contributed by atoms with Gasteiger partial charge in [-0.15, -0.1) is 0 Å². The highest BCUT2D eigenvalue weighted by molar-refractivity contribution is 9.10. The molecule has 2 nitrogen and oxygen atoms in total. The Morgan fingerprint density at radius 1 is 0.926 bits per heavy atom. The van der Waals surface area contributed by atoms with Crippen molar-refractivity contribution in [3.05, 3.63) is 91.9 Å². The lowest BCUT2D eigenvalue weighted by atomic mass is 10.1. The van der Waals surface area contributed by atoms with Gasteiger partial charge in [0.25, 0.3) is 0 Å². The van der Waals surface area contributed by atoms with Crippen molar-refractivity contribution in [1.29, 1.82) is 0 Å². The van der Waals surface area contributed by atoms with Gasteiger partial charge in [-0.25, -0.2) is 0 Å². The first kappa shape index (κ1) is 20.1.